The Labute approximate surface area is 149 Å². The van der Waals surface area contributed by atoms with Crippen LogP contribution >= 0.6 is 11.3 Å². The summed E-state index contributed by atoms with van der Waals surface area (Å²) in [5.74, 6) is 1.12. The van der Waals surface area contributed by atoms with Crippen LogP contribution in [0.15, 0.2) is 36.0 Å². The number of thiophene rings is 1. The first-order valence-corrected chi connectivity index (χ1v) is 9.05. The lowest BCUT2D eigenvalue weighted by Crippen LogP contribution is -2.20. The molecule has 0 saturated carbocycles. The standard InChI is InChI=1S/C17H18N6OS/c1-22-13(9-12(21-22)14-5-4-8-25-14)17(24)20-15-10-16(19-11-18-15)23-6-2-3-7-23/h4-5,8-11H,2-3,6-7H2,1H3,(H,18,19,20,24). The number of anilines is 2. The van der Waals surface area contributed by atoms with Crippen LogP contribution in [0.4, 0.5) is 11.6 Å². The molecule has 0 atom stereocenters. The zero-order valence-electron chi connectivity index (χ0n) is 13.8. The van der Waals surface area contributed by atoms with Crippen molar-refractivity contribution in [2.45, 2.75) is 12.8 Å². The molecule has 1 amide bonds. The molecule has 1 aliphatic rings. The Balaban J connectivity index is 1.53. The molecule has 7 nitrogen and oxygen atoms in total. The van der Waals surface area contributed by atoms with Gasteiger partial charge in [-0.3, -0.25) is 9.48 Å². The van der Waals surface area contributed by atoms with Crippen molar-refractivity contribution in [2.75, 3.05) is 23.3 Å². The van der Waals surface area contributed by atoms with Crippen LogP contribution in [0.2, 0.25) is 0 Å². The van der Waals surface area contributed by atoms with E-state index in [-0.39, 0.29) is 5.91 Å². The summed E-state index contributed by atoms with van der Waals surface area (Å²) < 4.78 is 1.59. The van der Waals surface area contributed by atoms with Gasteiger partial charge in [0.1, 0.15) is 29.4 Å². The molecule has 4 heterocycles. The number of hydrogen-bond acceptors (Lipinski definition) is 6. The van der Waals surface area contributed by atoms with Gasteiger partial charge in [-0.25, -0.2) is 9.97 Å². The summed E-state index contributed by atoms with van der Waals surface area (Å²) in [5.41, 5.74) is 1.29. The summed E-state index contributed by atoms with van der Waals surface area (Å²) in [6, 6.07) is 7.57. The van der Waals surface area contributed by atoms with E-state index in [0.717, 1.165) is 29.5 Å². The van der Waals surface area contributed by atoms with E-state index in [9.17, 15) is 4.79 Å². The normalized spacial score (nSPS) is 14.0. The highest BCUT2D eigenvalue weighted by Gasteiger charge is 2.17. The second kappa shape index (κ2) is 6.64. The van der Waals surface area contributed by atoms with Gasteiger partial charge < -0.3 is 10.2 Å². The maximum Gasteiger partial charge on any atom is 0.275 e. The lowest BCUT2D eigenvalue weighted by atomic mass is 10.3. The first kappa shape index (κ1) is 15.8. The minimum Gasteiger partial charge on any atom is -0.356 e. The lowest BCUT2D eigenvalue weighted by Gasteiger charge is -2.16. The predicted molar refractivity (Wildman–Crippen MR) is 98.0 cm³/mol. The highest BCUT2D eigenvalue weighted by molar-refractivity contribution is 7.13. The van der Waals surface area contributed by atoms with Crippen molar-refractivity contribution in [1.29, 1.82) is 0 Å². The topological polar surface area (TPSA) is 75.9 Å². The van der Waals surface area contributed by atoms with E-state index in [1.54, 1.807) is 29.1 Å². The molecule has 3 aromatic rings. The van der Waals surface area contributed by atoms with Crippen molar-refractivity contribution in [2.24, 2.45) is 7.05 Å². The van der Waals surface area contributed by atoms with Gasteiger partial charge in [0.05, 0.1) is 4.88 Å². The van der Waals surface area contributed by atoms with E-state index in [0.29, 0.717) is 11.5 Å². The first-order chi connectivity index (χ1) is 12.2. The van der Waals surface area contributed by atoms with Crippen LogP contribution < -0.4 is 10.2 Å². The molecule has 1 fully saturated rings. The molecular weight excluding hydrogens is 336 g/mol. The Kier molecular flexibility index (Phi) is 4.19. The highest BCUT2D eigenvalue weighted by Crippen LogP contribution is 2.24. The summed E-state index contributed by atoms with van der Waals surface area (Å²) in [4.78, 5) is 24.3. The van der Waals surface area contributed by atoms with Gasteiger partial charge in [0.15, 0.2) is 0 Å². The molecular formula is C17H18N6OS. The minimum atomic E-state index is -0.233. The van der Waals surface area contributed by atoms with Crippen LogP contribution in [0.5, 0.6) is 0 Å². The number of carbonyl (C=O) groups excluding carboxylic acids is 1. The molecule has 25 heavy (non-hydrogen) atoms. The molecule has 0 radical (unpaired) electrons. The van der Waals surface area contributed by atoms with Gasteiger partial charge in [-0.15, -0.1) is 11.3 Å². The van der Waals surface area contributed by atoms with Crippen LogP contribution in [0.1, 0.15) is 23.3 Å². The van der Waals surface area contributed by atoms with Gasteiger partial charge in [0.2, 0.25) is 0 Å². The number of rotatable bonds is 4. The van der Waals surface area contributed by atoms with Crippen molar-refractivity contribution in [3.05, 3.63) is 41.7 Å². The van der Waals surface area contributed by atoms with Crippen LogP contribution in [0, 0.1) is 0 Å². The molecule has 1 saturated heterocycles. The quantitative estimate of drug-likeness (QED) is 0.780. The summed E-state index contributed by atoms with van der Waals surface area (Å²) in [6.45, 7) is 1.99. The molecule has 0 aromatic carbocycles. The SMILES string of the molecule is Cn1nc(-c2cccs2)cc1C(=O)Nc1cc(N2CCCC2)ncn1. The fraction of sp³-hybridized carbons (Fsp3) is 0.294. The third-order valence-corrected chi connectivity index (χ3v) is 5.10. The molecule has 1 aliphatic heterocycles. The monoisotopic (exact) mass is 354 g/mol. The molecule has 128 valence electrons. The Morgan fingerprint density at radius 2 is 2.08 bits per heavy atom. The number of nitrogens with one attached hydrogen (secondary N) is 1. The number of aromatic nitrogens is 4. The zero-order valence-corrected chi connectivity index (χ0v) is 14.7. The summed E-state index contributed by atoms with van der Waals surface area (Å²) in [7, 11) is 1.77. The first-order valence-electron chi connectivity index (χ1n) is 8.17. The Bertz CT molecular complexity index is 882. The predicted octanol–water partition coefficient (Wildman–Crippen LogP) is 2.79. The van der Waals surface area contributed by atoms with Crippen molar-refractivity contribution in [1.82, 2.24) is 19.7 Å². The highest BCUT2D eigenvalue weighted by atomic mass is 32.1. The number of nitrogens with zero attached hydrogens (tertiary/aromatic N) is 5. The molecule has 1 N–H and O–H groups in total. The molecule has 8 heteroatoms. The molecule has 3 aromatic heterocycles. The lowest BCUT2D eigenvalue weighted by molar-refractivity contribution is 0.101. The van der Waals surface area contributed by atoms with Gasteiger partial charge >= 0.3 is 0 Å². The smallest absolute Gasteiger partial charge is 0.275 e. The fourth-order valence-electron chi connectivity index (χ4n) is 2.94. The number of carbonyl (C=O) groups is 1. The number of aryl methyl sites for hydroxylation is 1. The number of hydrogen-bond donors (Lipinski definition) is 1. The average molecular weight is 354 g/mol. The molecule has 4 rings (SSSR count). The van der Waals surface area contributed by atoms with Gasteiger partial charge in [-0.05, 0) is 30.4 Å². The van der Waals surface area contributed by atoms with Crippen LogP contribution in [-0.4, -0.2) is 38.7 Å². The summed E-state index contributed by atoms with van der Waals surface area (Å²) >= 11 is 1.60. The van der Waals surface area contributed by atoms with E-state index >= 15 is 0 Å². The van der Waals surface area contributed by atoms with Crippen molar-refractivity contribution in [3.8, 4) is 10.6 Å². The van der Waals surface area contributed by atoms with Crippen molar-refractivity contribution >= 4 is 28.9 Å². The van der Waals surface area contributed by atoms with E-state index in [1.165, 1.54) is 19.2 Å². The molecule has 0 spiro atoms. The van der Waals surface area contributed by atoms with Gasteiger partial charge in [0, 0.05) is 26.2 Å². The van der Waals surface area contributed by atoms with E-state index < -0.39 is 0 Å². The maximum absolute atomic E-state index is 12.6. The number of amides is 1. The maximum atomic E-state index is 12.6. The molecule has 0 aliphatic carbocycles. The Morgan fingerprint density at radius 3 is 2.84 bits per heavy atom. The Hall–Kier alpha value is -2.74. The van der Waals surface area contributed by atoms with Gasteiger partial charge in [-0.1, -0.05) is 6.07 Å². The molecule has 0 unspecified atom stereocenters. The average Bonchev–Trinajstić information content (AvgIpc) is 3.36. The second-order valence-corrected chi connectivity index (χ2v) is 6.87. The summed E-state index contributed by atoms with van der Waals surface area (Å²) in [5, 5.41) is 9.26. The van der Waals surface area contributed by atoms with Crippen LogP contribution in [0.3, 0.4) is 0 Å². The van der Waals surface area contributed by atoms with Crippen LogP contribution in [0.25, 0.3) is 10.6 Å². The second-order valence-electron chi connectivity index (χ2n) is 5.93. The van der Waals surface area contributed by atoms with E-state index in [4.69, 9.17) is 0 Å². The fourth-order valence-corrected chi connectivity index (χ4v) is 3.62. The zero-order chi connectivity index (χ0) is 17.2. The summed E-state index contributed by atoms with van der Waals surface area (Å²) in [6.07, 6.45) is 3.84. The van der Waals surface area contributed by atoms with Gasteiger partial charge in [0.25, 0.3) is 5.91 Å². The van der Waals surface area contributed by atoms with Gasteiger partial charge in [-0.2, -0.15) is 5.10 Å². The Morgan fingerprint density at radius 1 is 1.24 bits per heavy atom. The minimum absolute atomic E-state index is 0.233. The van der Waals surface area contributed by atoms with E-state index in [1.807, 2.05) is 23.6 Å². The van der Waals surface area contributed by atoms with E-state index in [2.05, 4.69) is 25.3 Å². The van der Waals surface area contributed by atoms with Crippen LogP contribution in [-0.2, 0) is 7.05 Å². The third-order valence-electron chi connectivity index (χ3n) is 4.21. The van der Waals surface area contributed by atoms with Crippen molar-refractivity contribution < 1.29 is 4.79 Å². The largest absolute Gasteiger partial charge is 0.356 e. The molecule has 0 bridgehead atoms. The third kappa shape index (κ3) is 3.25. The van der Waals surface area contributed by atoms with Crippen molar-refractivity contribution in [3.63, 3.8) is 0 Å².